The summed E-state index contributed by atoms with van der Waals surface area (Å²) in [6, 6.07) is 7.01. The molecular weight excluding hydrogens is 312 g/mol. The van der Waals surface area contributed by atoms with E-state index < -0.39 is 0 Å². The number of para-hydroxylation sites is 1. The highest BCUT2D eigenvalue weighted by Crippen LogP contribution is 2.24. The molecule has 1 aromatic heterocycles. The molecule has 0 aliphatic heterocycles. The number of carbonyl (C=O) groups excluding carboxylic acids is 1. The monoisotopic (exact) mass is 324 g/mol. The first-order valence-corrected chi connectivity index (χ1v) is 7.56. The minimum absolute atomic E-state index is 0.279. The van der Waals surface area contributed by atoms with Crippen molar-refractivity contribution >= 4 is 41.3 Å². The molecule has 0 saturated heterocycles. The summed E-state index contributed by atoms with van der Waals surface area (Å²) in [6.07, 6.45) is 3.87. The standard InChI is InChI=1S/C13H13ClN4O2S/c1-21-13-15-6-9(7-19)12(16-13)18(8-20)17-11-5-3-2-4-10(11)14/h2-6,8,17,19H,7H2,1H3. The molecule has 0 fully saturated rings. The summed E-state index contributed by atoms with van der Waals surface area (Å²) in [5.41, 5.74) is 3.85. The molecule has 1 aromatic carbocycles. The molecule has 2 N–H and O–H groups in total. The molecule has 0 atom stereocenters. The van der Waals surface area contributed by atoms with E-state index in [2.05, 4.69) is 15.4 Å². The van der Waals surface area contributed by atoms with Gasteiger partial charge in [-0.25, -0.2) is 15.0 Å². The lowest BCUT2D eigenvalue weighted by Crippen LogP contribution is -2.30. The fraction of sp³-hybridized carbons (Fsp3) is 0.154. The summed E-state index contributed by atoms with van der Waals surface area (Å²) in [6.45, 7) is -0.279. The zero-order valence-corrected chi connectivity index (χ0v) is 12.7. The van der Waals surface area contributed by atoms with E-state index >= 15 is 0 Å². The van der Waals surface area contributed by atoms with Gasteiger partial charge in [0.15, 0.2) is 11.0 Å². The lowest BCUT2D eigenvalue weighted by molar-refractivity contribution is -0.107. The van der Waals surface area contributed by atoms with Crippen molar-refractivity contribution in [2.24, 2.45) is 0 Å². The fourth-order valence-electron chi connectivity index (χ4n) is 1.61. The first-order valence-electron chi connectivity index (χ1n) is 5.96. The molecule has 2 aromatic rings. The zero-order valence-electron chi connectivity index (χ0n) is 11.2. The molecule has 0 radical (unpaired) electrons. The van der Waals surface area contributed by atoms with Crippen LogP contribution in [-0.2, 0) is 11.4 Å². The highest BCUT2D eigenvalue weighted by molar-refractivity contribution is 7.98. The molecule has 0 bridgehead atoms. The van der Waals surface area contributed by atoms with Gasteiger partial charge in [0.1, 0.15) is 0 Å². The third-order valence-corrected chi connectivity index (χ3v) is 3.51. The maximum atomic E-state index is 11.4. The Kier molecular flexibility index (Phi) is 5.38. The SMILES string of the molecule is CSc1ncc(CO)c(N(C=O)Nc2ccccc2Cl)n1. The molecule has 1 amide bonds. The molecule has 0 unspecified atom stereocenters. The van der Waals surface area contributed by atoms with Crippen LogP contribution in [0.15, 0.2) is 35.6 Å². The largest absolute Gasteiger partial charge is 0.391 e. The van der Waals surface area contributed by atoms with Gasteiger partial charge in [-0.3, -0.25) is 10.2 Å². The Hall–Kier alpha value is -1.83. The highest BCUT2D eigenvalue weighted by atomic mass is 35.5. The lowest BCUT2D eigenvalue weighted by atomic mass is 10.3. The van der Waals surface area contributed by atoms with E-state index in [1.165, 1.54) is 18.0 Å². The van der Waals surface area contributed by atoms with Gasteiger partial charge >= 0.3 is 0 Å². The second kappa shape index (κ2) is 7.26. The van der Waals surface area contributed by atoms with Crippen molar-refractivity contribution in [3.63, 3.8) is 0 Å². The molecule has 6 nitrogen and oxygen atoms in total. The number of hydrogen-bond donors (Lipinski definition) is 2. The number of carbonyl (C=O) groups is 1. The molecular formula is C13H13ClN4O2S. The predicted octanol–water partition coefficient (Wildman–Crippen LogP) is 2.33. The van der Waals surface area contributed by atoms with Crippen molar-refractivity contribution in [2.45, 2.75) is 11.8 Å². The quantitative estimate of drug-likeness (QED) is 0.367. The van der Waals surface area contributed by atoms with E-state index in [4.69, 9.17) is 11.6 Å². The van der Waals surface area contributed by atoms with Crippen LogP contribution >= 0.6 is 23.4 Å². The van der Waals surface area contributed by atoms with Crippen LogP contribution in [0.3, 0.4) is 0 Å². The van der Waals surface area contributed by atoms with Gasteiger partial charge in [-0.05, 0) is 18.4 Å². The fourth-order valence-corrected chi connectivity index (χ4v) is 2.13. The first-order chi connectivity index (χ1) is 10.2. The van der Waals surface area contributed by atoms with E-state index in [1.54, 1.807) is 24.3 Å². The molecule has 8 heteroatoms. The number of hydrazine groups is 1. The van der Waals surface area contributed by atoms with Crippen molar-refractivity contribution in [2.75, 3.05) is 16.7 Å². The smallest absolute Gasteiger partial charge is 0.234 e. The maximum absolute atomic E-state index is 11.4. The molecule has 0 spiro atoms. The Bertz CT molecular complexity index is 641. The van der Waals surface area contributed by atoms with Crippen LogP contribution in [0.2, 0.25) is 5.02 Å². The number of aromatic nitrogens is 2. The summed E-state index contributed by atoms with van der Waals surface area (Å²) in [5, 5.41) is 11.5. The van der Waals surface area contributed by atoms with Gasteiger partial charge in [-0.2, -0.15) is 0 Å². The Labute approximate surface area is 131 Å². The van der Waals surface area contributed by atoms with Gasteiger partial charge in [0.2, 0.25) is 6.41 Å². The number of anilines is 2. The molecule has 1 heterocycles. The van der Waals surface area contributed by atoms with Crippen LogP contribution in [0.5, 0.6) is 0 Å². The summed E-state index contributed by atoms with van der Waals surface area (Å²) < 4.78 is 0. The van der Waals surface area contributed by atoms with Gasteiger partial charge in [-0.15, -0.1) is 0 Å². The van der Waals surface area contributed by atoms with Crippen LogP contribution < -0.4 is 10.4 Å². The number of aliphatic hydroxyl groups is 1. The number of aliphatic hydroxyl groups excluding tert-OH is 1. The van der Waals surface area contributed by atoms with Gasteiger partial charge in [0.25, 0.3) is 0 Å². The van der Waals surface area contributed by atoms with Crippen LogP contribution in [0, 0.1) is 0 Å². The average molecular weight is 325 g/mol. The number of nitrogens with zero attached hydrogens (tertiary/aromatic N) is 3. The van der Waals surface area contributed by atoms with Gasteiger partial charge in [0.05, 0.1) is 17.3 Å². The second-order valence-corrected chi connectivity index (χ2v) is 5.11. The van der Waals surface area contributed by atoms with Crippen molar-refractivity contribution in [1.29, 1.82) is 0 Å². The number of thioether (sulfide) groups is 1. The average Bonchev–Trinajstić information content (AvgIpc) is 2.53. The molecule has 0 aliphatic rings. The number of benzene rings is 1. The number of halogens is 1. The zero-order chi connectivity index (χ0) is 15.2. The first kappa shape index (κ1) is 15.6. The number of rotatable bonds is 6. The number of amides is 1. The topological polar surface area (TPSA) is 78.4 Å². The summed E-state index contributed by atoms with van der Waals surface area (Å²) >= 11 is 7.39. The summed E-state index contributed by atoms with van der Waals surface area (Å²) in [4.78, 5) is 19.7. The summed E-state index contributed by atoms with van der Waals surface area (Å²) in [5.74, 6) is 0.284. The molecule has 110 valence electrons. The highest BCUT2D eigenvalue weighted by Gasteiger charge is 2.15. The van der Waals surface area contributed by atoms with Crippen LogP contribution in [-0.4, -0.2) is 27.7 Å². The van der Waals surface area contributed by atoms with Gasteiger partial charge in [-0.1, -0.05) is 35.5 Å². The van der Waals surface area contributed by atoms with Crippen molar-refractivity contribution < 1.29 is 9.90 Å². The van der Waals surface area contributed by atoms with E-state index in [0.717, 1.165) is 5.01 Å². The Morgan fingerprint density at radius 1 is 1.48 bits per heavy atom. The maximum Gasteiger partial charge on any atom is 0.234 e. The van der Waals surface area contributed by atoms with E-state index in [1.807, 2.05) is 6.26 Å². The molecule has 2 rings (SSSR count). The minimum Gasteiger partial charge on any atom is -0.391 e. The van der Waals surface area contributed by atoms with Crippen molar-refractivity contribution in [1.82, 2.24) is 9.97 Å². The molecule has 21 heavy (non-hydrogen) atoms. The molecule has 0 saturated carbocycles. The van der Waals surface area contributed by atoms with Crippen LogP contribution in [0.4, 0.5) is 11.5 Å². The Balaban J connectivity index is 2.37. The van der Waals surface area contributed by atoms with Crippen LogP contribution in [0.1, 0.15) is 5.56 Å². The Morgan fingerprint density at radius 3 is 2.86 bits per heavy atom. The van der Waals surface area contributed by atoms with Crippen LogP contribution in [0.25, 0.3) is 0 Å². The van der Waals surface area contributed by atoms with Crippen molar-refractivity contribution in [3.05, 3.63) is 41.0 Å². The van der Waals surface area contributed by atoms with Gasteiger partial charge < -0.3 is 5.11 Å². The Morgan fingerprint density at radius 2 is 2.24 bits per heavy atom. The van der Waals surface area contributed by atoms with E-state index in [0.29, 0.717) is 27.8 Å². The second-order valence-electron chi connectivity index (χ2n) is 3.93. The van der Waals surface area contributed by atoms with E-state index in [-0.39, 0.29) is 12.4 Å². The predicted molar refractivity (Wildman–Crippen MR) is 83.4 cm³/mol. The van der Waals surface area contributed by atoms with E-state index in [9.17, 15) is 9.90 Å². The summed E-state index contributed by atoms with van der Waals surface area (Å²) in [7, 11) is 0. The van der Waals surface area contributed by atoms with Crippen molar-refractivity contribution in [3.8, 4) is 0 Å². The molecule has 0 aliphatic carbocycles. The van der Waals surface area contributed by atoms with Gasteiger partial charge in [0, 0.05) is 11.8 Å². The minimum atomic E-state index is -0.279. The lowest BCUT2D eigenvalue weighted by Gasteiger charge is -2.21. The number of nitrogens with one attached hydrogen (secondary N) is 1. The number of hydrogen-bond acceptors (Lipinski definition) is 6. The normalized spacial score (nSPS) is 10.2. The third-order valence-electron chi connectivity index (χ3n) is 2.62. The third kappa shape index (κ3) is 3.63.